The van der Waals surface area contributed by atoms with Gasteiger partial charge in [-0.05, 0) is 42.2 Å². The van der Waals surface area contributed by atoms with Gasteiger partial charge in [-0.3, -0.25) is 0 Å². The molecule has 0 aliphatic rings. The summed E-state index contributed by atoms with van der Waals surface area (Å²) in [4.78, 5) is 12.3. The third-order valence-electron chi connectivity index (χ3n) is 3.43. The number of rotatable bonds is 4. The maximum absolute atomic E-state index is 12.3. The Morgan fingerprint density at radius 1 is 1.05 bits per heavy atom. The molecule has 2 rings (SSSR count). The van der Waals surface area contributed by atoms with Gasteiger partial charge in [-0.2, -0.15) is 0 Å². The van der Waals surface area contributed by atoms with E-state index in [2.05, 4.69) is 0 Å². The molecule has 110 valence electrons. The van der Waals surface area contributed by atoms with Crippen molar-refractivity contribution in [3.05, 3.63) is 65.2 Å². The van der Waals surface area contributed by atoms with Crippen LogP contribution in [0.1, 0.15) is 41.4 Å². The first kappa shape index (κ1) is 15.1. The molecule has 1 unspecified atom stereocenters. The number of aromatic hydroxyl groups is 1. The van der Waals surface area contributed by atoms with Crippen LogP contribution >= 0.6 is 0 Å². The molecule has 0 radical (unpaired) electrons. The minimum absolute atomic E-state index is 0.141. The molecule has 2 aromatic rings. The number of phenols is 1. The molecule has 0 fully saturated rings. The van der Waals surface area contributed by atoms with Gasteiger partial charge < -0.3 is 9.84 Å². The standard InChI is InChI=1S/C18H20O3/c1-12(2)17(14-8-10-15(19)11-9-14)21-18(20)16-7-5-4-6-13(16)3/h4-12,17,19H,1-3H3. The fourth-order valence-electron chi connectivity index (χ4n) is 2.23. The summed E-state index contributed by atoms with van der Waals surface area (Å²) in [7, 11) is 0. The molecule has 0 spiro atoms. The number of ether oxygens (including phenoxy) is 1. The second-order valence-electron chi connectivity index (χ2n) is 5.48. The Labute approximate surface area is 125 Å². The quantitative estimate of drug-likeness (QED) is 0.853. The van der Waals surface area contributed by atoms with Crippen molar-refractivity contribution >= 4 is 5.97 Å². The van der Waals surface area contributed by atoms with E-state index in [0.29, 0.717) is 5.56 Å². The Hall–Kier alpha value is -2.29. The predicted octanol–water partition coefficient (Wildman–Crippen LogP) is 4.25. The summed E-state index contributed by atoms with van der Waals surface area (Å²) in [5.74, 6) is 0.0221. The highest BCUT2D eigenvalue weighted by atomic mass is 16.5. The Kier molecular flexibility index (Phi) is 4.63. The smallest absolute Gasteiger partial charge is 0.339 e. The van der Waals surface area contributed by atoms with Gasteiger partial charge in [0.1, 0.15) is 11.9 Å². The van der Waals surface area contributed by atoms with Crippen molar-refractivity contribution < 1.29 is 14.6 Å². The van der Waals surface area contributed by atoms with E-state index in [4.69, 9.17) is 4.74 Å². The average molecular weight is 284 g/mol. The molecule has 0 heterocycles. The SMILES string of the molecule is Cc1ccccc1C(=O)OC(c1ccc(O)cc1)C(C)C. The van der Waals surface area contributed by atoms with Gasteiger partial charge in [0.05, 0.1) is 5.56 Å². The zero-order valence-electron chi connectivity index (χ0n) is 12.5. The summed E-state index contributed by atoms with van der Waals surface area (Å²) >= 11 is 0. The largest absolute Gasteiger partial charge is 0.508 e. The van der Waals surface area contributed by atoms with Crippen molar-refractivity contribution in [3.8, 4) is 5.75 Å². The Morgan fingerprint density at radius 3 is 2.24 bits per heavy atom. The first-order valence-electron chi connectivity index (χ1n) is 7.04. The third-order valence-corrected chi connectivity index (χ3v) is 3.43. The van der Waals surface area contributed by atoms with Crippen LogP contribution in [0.25, 0.3) is 0 Å². The summed E-state index contributed by atoms with van der Waals surface area (Å²) in [6, 6.07) is 14.2. The molecule has 3 heteroatoms. The van der Waals surface area contributed by atoms with Crippen LogP contribution in [-0.2, 0) is 4.74 Å². The molecule has 2 aromatic carbocycles. The molecule has 0 aromatic heterocycles. The van der Waals surface area contributed by atoms with Crippen LogP contribution in [0.5, 0.6) is 5.75 Å². The van der Waals surface area contributed by atoms with Gasteiger partial charge in [0.15, 0.2) is 0 Å². The molecule has 0 amide bonds. The van der Waals surface area contributed by atoms with Crippen molar-refractivity contribution in [2.45, 2.75) is 26.9 Å². The lowest BCUT2D eigenvalue weighted by Crippen LogP contribution is -2.17. The zero-order valence-corrected chi connectivity index (χ0v) is 12.5. The molecule has 0 saturated heterocycles. The summed E-state index contributed by atoms with van der Waals surface area (Å²) in [6.45, 7) is 5.90. The fourth-order valence-corrected chi connectivity index (χ4v) is 2.23. The highest BCUT2D eigenvalue weighted by molar-refractivity contribution is 5.91. The normalized spacial score (nSPS) is 12.2. The first-order chi connectivity index (χ1) is 9.99. The van der Waals surface area contributed by atoms with Crippen molar-refractivity contribution in [2.75, 3.05) is 0 Å². The number of hydrogen-bond acceptors (Lipinski definition) is 3. The summed E-state index contributed by atoms with van der Waals surface area (Å²) in [5, 5.41) is 9.37. The number of carbonyl (C=O) groups is 1. The molecule has 21 heavy (non-hydrogen) atoms. The second kappa shape index (κ2) is 6.44. The fraction of sp³-hybridized carbons (Fsp3) is 0.278. The van der Waals surface area contributed by atoms with Gasteiger partial charge in [-0.1, -0.05) is 44.2 Å². The van der Waals surface area contributed by atoms with Crippen LogP contribution in [0.3, 0.4) is 0 Å². The highest BCUT2D eigenvalue weighted by Crippen LogP contribution is 2.28. The molecule has 0 saturated carbocycles. The lowest BCUT2D eigenvalue weighted by atomic mass is 9.98. The molecular weight excluding hydrogens is 264 g/mol. The number of benzene rings is 2. The summed E-state index contributed by atoms with van der Waals surface area (Å²) < 4.78 is 5.68. The number of aryl methyl sites for hydroxylation is 1. The predicted molar refractivity (Wildman–Crippen MR) is 82.3 cm³/mol. The lowest BCUT2D eigenvalue weighted by molar-refractivity contribution is 0.0175. The van der Waals surface area contributed by atoms with Crippen molar-refractivity contribution in [2.24, 2.45) is 5.92 Å². The Balaban J connectivity index is 2.23. The summed E-state index contributed by atoms with van der Waals surface area (Å²) in [6.07, 6.45) is -0.335. The minimum Gasteiger partial charge on any atom is -0.508 e. The number of phenolic OH excluding ortho intramolecular Hbond substituents is 1. The van der Waals surface area contributed by atoms with E-state index in [1.165, 1.54) is 0 Å². The lowest BCUT2D eigenvalue weighted by Gasteiger charge is -2.22. The topological polar surface area (TPSA) is 46.5 Å². The molecule has 0 aliphatic carbocycles. The summed E-state index contributed by atoms with van der Waals surface area (Å²) in [5.41, 5.74) is 2.36. The van der Waals surface area contributed by atoms with Gasteiger partial charge >= 0.3 is 5.97 Å². The molecule has 1 atom stereocenters. The van der Waals surface area contributed by atoms with E-state index in [0.717, 1.165) is 11.1 Å². The number of hydrogen-bond donors (Lipinski definition) is 1. The van der Waals surface area contributed by atoms with Gasteiger partial charge in [0, 0.05) is 0 Å². The van der Waals surface area contributed by atoms with Crippen molar-refractivity contribution in [1.82, 2.24) is 0 Å². The Bertz CT molecular complexity index is 615. The van der Waals surface area contributed by atoms with E-state index in [1.807, 2.05) is 39.0 Å². The van der Waals surface area contributed by atoms with Crippen molar-refractivity contribution in [3.63, 3.8) is 0 Å². The van der Waals surface area contributed by atoms with Crippen LogP contribution < -0.4 is 0 Å². The number of carbonyl (C=O) groups excluding carboxylic acids is 1. The van der Waals surface area contributed by atoms with Crippen molar-refractivity contribution in [1.29, 1.82) is 0 Å². The van der Waals surface area contributed by atoms with Crippen LogP contribution in [-0.4, -0.2) is 11.1 Å². The van der Waals surface area contributed by atoms with E-state index in [-0.39, 0.29) is 23.7 Å². The minimum atomic E-state index is -0.335. The van der Waals surface area contributed by atoms with Gasteiger partial charge in [0.25, 0.3) is 0 Å². The average Bonchev–Trinajstić information content (AvgIpc) is 2.46. The molecule has 0 aliphatic heterocycles. The number of esters is 1. The second-order valence-corrected chi connectivity index (χ2v) is 5.48. The van der Waals surface area contributed by atoms with Gasteiger partial charge in [-0.25, -0.2) is 4.79 Å². The van der Waals surface area contributed by atoms with Gasteiger partial charge in [0.2, 0.25) is 0 Å². The Morgan fingerprint density at radius 2 is 1.67 bits per heavy atom. The molecule has 0 bridgehead atoms. The molecule has 3 nitrogen and oxygen atoms in total. The highest BCUT2D eigenvalue weighted by Gasteiger charge is 2.22. The maximum atomic E-state index is 12.3. The van der Waals surface area contributed by atoms with Crippen LogP contribution in [0.4, 0.5) is 0 Å². The van der Waals surface area contributed by atoms with Crippen LogP contribution in [0, 0.1) is 12.8 Å². The third kappa shape index (κ3) is 3.63. The van der Waals surface area contributed by atoms with E-state index in [1.54, 1.807) is 30.3 Å². The first-order valence-corrected chi connectivity index (χ1v) is 7.04. The maximum Gasteiger partial charge on any atom is 0.339 e. The monoisotopic (exact) mass is 284 g/mol. The van der Waals surface area contributed by atoms with E-state index >= 15 is 0 Å². The van der Waals surface area contributed by atoms with Crippen LogP contribution in [0.2, 0.25) is 0 Å². The van der Waals surface area contributed by atoms with Gasteiger partial charge in [-0.15, -0.1) is 0 Å². The van der Waals surface area contributed by atoms with Crippen LogP contribution in [0.15, 0.2) is 48.5 Å². The van der Waals surface area contributed by atoms with E-state index < -0.39 is 0 Å². The molecular formula is C18H20O3. The zero-order chi connectivity index (χ0) is 15.4. The van der Waals surface area contributed by atoms with E-state index in [9.17, 15) is 9.90 Å². The molecule has 1 N–H and O–H groups in total.